The van der Waals surface area contributed by atoms with Crippen molar-refractivity contribution in [2.24, 2.45) is 0 Å². The molecule has 1 aromatic carbocycles. The zero-order valence-corrected chi connectivity index (χ0v) is 10.9. The van der Waals surface area contributed by atoms with Crippen molar-refractivity contribution < 1.29 is 8.78 Å². The Morgan fingerprint density at radius 2 is 2.06 bits per heavy atom. The van der Waals surface area contributed by atoms with Crippen molar-refractivity contribution in [1.29, 1.82) is 0 Å². The lowest BCUT2D eigenvalue weighted by atomic mass is 10.1. The minimum atomic E-state index is -0.638. The molecule has 2 rings (SSSR count). The first kappa shape index (κ1) is 13.0. The number of nitrogens with zero attached hydrogens (tertiary/aromatic N) is 2. The smallest absolute Gasteiger partial charge is 0.151 e. The van der Waals surface area contributed by atoms with Crippen molar-refractivity contribution in [3.05, 3.63) is 47.3 Å². The van der Waals surface area contributed by atoms with Crippen LogP contribution < -0.4 is 0 Å². The minimum Gasteiger partial charge on any atom is -0.234 e. The van der Waals surface area contributed by atoms with E-state index in [1.807, 2.05) is 13.8 Å². The van der Waals surface area contributed by atoms with E-state index in [9.17, 15) is 8.78 Å². The molecule has 1 heterocycles. The van der Waals surface area contributed by atoms with E-state index in [-0.39, 0.29) is 11.6 Å². The zero-order chi connectivity index (χ0) is 13.3. The van der Waals surface area contributed by atoms with Crippen LogP contribution >= 0.6 is 11.6 Å². The number of halogens is 3. The largest absolute Gasteiger partial charge is 0.234 e. The van der Waals surface area contributed by atoms with Gasteiger partial charge in [0.1, 0.15) is 11.5 Å². The van der Waals surface area contributed by atoms with Gasteiger partial charge in [0.05, 0.1) is 17.8 Å². The monoisotopic (exact) mass is 270 g/mol. The van der Waals surface area contributed by atoms with Gasteiger partial charge in [0, 0.05) is 11.6 Å². The molecule has 0 bridgehead atoms. The molecule has 0 radical (unpaired) electrons. The maximum Gasteiger partial charge on any atom is 0.151 e. The van der Waals surface area contributed by atoms with Gasteiger partial charge in [-0.25, -0.2) is 13.5 Å². The van der Waals surface area contributed by atoms with Gasteiger partial charge in [0.2, 0.25) is 0 Å². The molecule has 0 spiro atoms. The van der Waals surface area contributed by atoms with Crippen LogP contribution in [0.3, 0.4) is 0 Å². The molecule has 0 fully saturated rings. The van der Waals surface area contributed by atoms with Gasteiger partial charge in [-0.1, -0.05) is 13.8 Å². The molecule has 2 aromatic rings. The highest BCUT2D eigenvalue weighted by Gasteiger charge is 2.17. The van der Waals surface area contributed by atoms with E-state index in [1.165, 1.54) is 16.8 Å². The Labute approximate surface area is 109 Å². The Morgan fingerprint density at radius 3 is 2.61 bits per heavy atom. The molecular formula is C13H13ClF2N2. The quantitative estimate of drug-likeness (QED) is 0.771. The third kappa shape index (κ3) is 2.25. The maximum absolute atomic E-state index is 13.8. The van der Waals surface area contributed by atoms with Crippen molar-refractivity contribution in [1.82, 2.24) is 9.78 Å². The van der Waals surface area contributed by atoms with Gasteiger partial charge in [-0.3, -0.25) is 0 Å². The summed E-state index contributed by atoms with van der Waals surface area (Å²) < 4.78 is 28.1. The molecule has 0 unspecified atom stereocenters. The van der Waals surface area contributed by atoms with Crippen molar-refractivity contribution in [3.63, 3.8) is 0 Å². The first-order valence-electron chi connectivity index (χ1n) is 5.62. The van der Waals surface area contributed by atoms with Crippen LogP contribution in [0, 0.1) is 11.6 Å². The van der Waals surface area contributed by atoms with Crippen LogP contribution in [-0.2, 0) is 5.88 Å². The molecule has 0 saturated carbocycles. The fourth-order valence-corrected chi connectivity index (χ4v) is 2.16. The molecular weight excluding hydrogens is 258 g/mol. The summed E-state index contributed by atoms with van der Waals surface area (Å²) in [4.78, 5) is 0. The summed E-state index contributed by atoms with van der Waals surface area (Å²) in [6.07, 6.45) is 1.62. The summed E-state index contributed by atoms with van der Waals surface area (Å²) in [7, 11) is 0. The Hall–Kier alpha value is -1.42. The predicted octanol–water partition coefficient (Wildman–Crippen LogP) is 4.01. The summed E-state index contributed by atoms with van der Waals surface area (Å²) in [5.74, 6) is -0.782. The van der Waals surface area contributed by atoms with Gasteiger partial charge in [-0.15, -0.1) is 11.6 Å². The second-order valence-electron chi connectivity index (χ2n) is 4.35. The van der Waals surface area contributed by atoms with Crippen LogP contribution in [0.15, 0.2) is 24.4 Å². The number of hydrogen-bond acceptors (Lipinski definition) is 1. The first-order valence-corrected chi connectivity index (χ1v) is 6.16. The van der Waals surface area contributed by atoms with E-state index in [0.717, 1.165) is 17.3 Å². The van der Waals surface area contributed by atoms with E-state index in [1.54, 1.807) is 6.20 Å². The summed E-state index contributed by atoms with van der Waals surface area (Å²) in [6, 6.07) is 3.44. The summed E-state index contributed by atoms with van der Waals surface area (Å²) in [6.45, 7) is 3.95. The highest BCUT2D eigenvalue weighted by molar-refractivity contribution is 6.17. The van der Waals surface area contributed by atoms with Crippen molar-refractivity contribution >= 4 is 11.6 Å². The lowest BCUT2D eigenvalue weighted by molar-refractivity contribution is 0.569. The van der Waals surface area contributed by atoms with Crippen LogP contribution in [0.5, 0.6) is 0 Å². The molecule has 0 aliphatic rings. The molecule has 0 atom stereocenters. The van der Waals surface area contributed by atoms with E-state index in [0.29, 0.717) is 5.88 Å². The molecule has 96 valence electrons. The zero-order valence-electron chi connectivity index (χ0n) is 10.1. The van der Waals surface area contributed by atoms with Gasteiger partial charge in [-0.2, -0.15) is 5.10 Å². The van der Waals surface area contributed by atoms with Crippen molar-refractivity contribution in [2.45, 2.75) is 25.6 Å². The summed E-state index contributed by atoms with van der Waals surface area (Å²) in [5.41, 5.74) is 1.93. The van der Waals surface area contributed by atoms with E-state index < -0.39 is 11.6 Å². The van der Waals surface area contributed by atoms with Crippen molar-refractivity contribution in [2.75, 3.05) is 0 Å². The SMILES string of the molecule is CC(C)c1c(CCl)cnn1-c1ccc(F)cc1F. The number of aromatic nitrogens is 2. The minimum absolute atomic E-state index is 0.144. The summed E-state index contributed by atoms with van der Waals surface area (Å²) in [5, 5.41) is 4.14. The number of alkyl halides is 1. The number of benzene rings is 1. The highest BCUT2D eigenvalue weighted by atomic mass is 35.5. The lowest BCUT2D eigenvalue weighted by Gasteiger charge is -2.12. The summed E-state index contributed by atoms with van der Waals surface area (Å²) >= 11 is 5.83. The van der Waals surface area contributed by atoms with Gasteiger partial charge in [0.25, 0.3) is 0 Å². The first-order chi connectivity index (χ1) is 8.54. The Bertz CT molecular complexity index is 564. The van der Waals surface area contributed by atoms with Gasteiger partial charge in [0.15, 0.2) is 5.82 Å². The molecule has 0 saturated heterocycles. The van der Waals surface area contributed by atoms with E-state index >= 15 is 0 Å². The van der Waals surface area contributed by atoms with Crippen LogP contribution in [-0.4, -0.2) is 9.78 Å². The van der Waals surface area contributed by atoms with Gasteiger partial charge in [-0.05, 0) is 18.1 Å². The third-order valence-corrected chi connectivity index (χ3v) is 3.00. The Balaban J connectivity index is 2.60. The Kier molecular flexibility index (Phi) is 3.66. The fourth-order valence-electron chi connectivity index (χ4n) is 1.96. The predicted molar refractivity (Wildman–Crippen MR) is 67.1 cm³/mol. The molecule has 5 heteroatoms. The normalized spacial score (nSPS) is 11.2. The van der Waals surface area contributed by atoms with Crippen molar-refractivity contribution in [3.8, 4) is 5.69 Å². The average molecular weight is 271 g/mol. The van der Waals surface area contributed by atoms with Crippen LogP contribution in [0.1, 0.15) is 31.0 Å². The molecule has 18 heavy (non-hydrogen) atoms. The lowest BCUT2D eigenvalue weighted by Crippen LogP contribution is -2.07. The fraction of sp³-hybridized carbons (Fsp3) is 0.308. The van der Waals surface area contributed by atoms with Crippen LogP contribution in [0.4, 0.5) is 8.78 Å². The van der Waals surface area contributed by atoms with Crippen LogP contribution in [0.25, 0.3) is 5.69 Å². The van der Waals surface area contributed by atoms with Gasteiger partial charge >= 0.3 is 0 Å². The van der Waals surface area contributed by atoms with E-state index in [4.69, 9.17) is 11.6 Å². The van der Waals surface area contributed by atoms with Crippen LogP contribution in [0.2, 0.25) is 0 Å². The van der Waals surface area contributed by atoms with Gasteiger partial charge < -0.3 is 0 Å². The third-order valence-electron chi connectivity index (χ3n) is 2.71. The number of rotatable bonds is 3. The van der Waals surface area contributed by atoms with E-state index in [2.05, 4.69) is 5.10 Å². The Morgan fingerprint density at radius 1 is 1.33 bits per heavy atom. The standard InChI is InChI=1S/C13H13ClF2N2/c1-8(2)13-9(6-14)7-17-18(13)12-4-3-10(15)5-11(12)16/h3-5,7-8H,6H2,1-2H3. The molecule has 1 aromatic heterocycles. The second kappa shape index (κ2) is 5.06. The molecule has 0 N–H and O–H groups in total. The topological polar surface area (TPSA) is 17.8 Å². The molecule has 0 aliphatic carbocycles. The number of hydrogen-bond donors (Lipinski definition) is 0. The molecule has 2 nitrogen and oxygen atoms in total. The average Bonchev–Trinajstić information content (AvgIpc) is 2.72. The molecule has 0 amide bonds. The highest BCUT2D eigenvalue weighted by Crippen LogP contribution is 2.25. The molecule has 0 aliphatic heterocycles. The maximum atomic E-state index is 13.8. The second-order valence-corrected chi connectivity index (χ2v) is 4.62.